The molecule has 1 fully saturated rings. The maximum Gasteiger partial charge on any atom is 0.255 e. The number of aromatic hydroxyl groups is 1. The lowest BCUT2D eigenvalue weighted by molar-refractivity contribution is 0.102. The molecule has 0 aliphatic carbocycles. The molecule has 28 heavy (non-hydrogen) atoms. The molecule has 0 unspecified atom stereocenters. The fourth-order valence-corrected chi connectivity index (χ4v) is 3.77. The summed E-state index contributed by atoms with van der Waals surface area (Å²) in [5, 5.41) is 15.7. The lowest BCUT2D eigenvalue weighted by Gasteiger charge is -2.27. The van der Waals surface area contributed by atoms with E-state index in [-0.39, 0.29) is 29.0 Å². The lowest BCUT2D eigenvalue weighted by Crippen LogP contribution is -2.42. The molecule has 9 heteroatoms. The van der Waals surface area contributed by atoms with Crippen molar-refractivity contribution in [2.75, 3.05) is 37.8 Å². The van der Waals surface area contributed by atoms with E-state index in [2.05, 4.69) is 15.5 Å². The van der Waals surface area contributed by atoms with E-state index in [1.165, 1.54) is 18.2 Å². The SMILES string of the molecule is CS(=O)(=O)c1cc(NC(=O)c2ccc(CN3CCNCC3)cc2)ccc1O.Cl. The molecule has 3 N–H and O–H groups in total. The van der Waals surface area contributed by atoms with Crippen LogP contribution in [0.3, 0.4) is 0 Å². The lowest BCUT2D eigenvalue weighted by atomic mass is 10.1. The van der Waals surface area contributed by atoms with Crippen molar-refractivity contribution < 1.29 is 18.3 Å². The minimum absolute atomic E-state index is 0. The molecule has 1 saturated heterocycles. The first kappa shape index (κ1) is 22.2. The van der Waals surface area contributed by atoms with Gasteiger partial charge >= 0.3 is 0 Å². The number of piperazine rings is 1. The van der Waals surface area contributed by atoms with Crippen molar-refractivity contribution >= 4 is 33.8 Å². The zero-order valence-electron chi connectivity index (χ0n) is 15.5. The highest BCUT2D eigenvalue weighted by molar-refractivity contribution is 7.90. The second-order valence-corrected chi connectivity index (χ2v) is 8.62. The third-order valence-electron chi connectivity index (χ3n) is 4.45. The van der Waals surface area contributed by atoms with E-state index >= 15 is 0 Å². The van der Waals surface area contributed by atoms with Crippen molar-refractivity contribution in [3.8, 4) is 5.75 Å². The van der Waals surface area contributed by atoms with Crippen molar-refractivity contribution in [1.29, 1.82) is 0 Å². The molecular weight excluding hydrogens is 402 g/mol. The van der Waals surface area contributed by atoms with Crippen LogP contribution in [0.5, 0.6) is 5.75 Å². The van der Waals surface area contributed by atoms with Crippen LogP contribution in [-0.2, 0) is 16.4 Å². The fraction of sp³-hybridized carbons (Fsp3) is 0.316. The first-order valence-corrected chi connectivity index (χ1v) is 10.6. The Morgan fingerprint density at radius 2 is 1.79 bits per heavy atom. The van der Waals surface area contributed by atoms with Gasteiger partial charge in [-0.25, -0.2) is 8.42 Å². The Balaban J connectivity index is 0.00000280. The number of benzene rings is 2. The average Bonchev–Trinajstić information content (AvgIpc) is 2.64. The smallest absolute Gasteiger partial charge is 0.255 e. The standard InChI is InChI=1S/C19H23N3O4S.ClH/c1-27(25,26)18-12-16(6-7-17(18)23)21-19(24)15-4-2-14(3-5-15)13-22-10-8-20-9-11-22;/h2-7,12,20,23H,8-11,13H2,1H3,(H,21,24);1H. The summed E-state index contributed by atoms with van der Waals surface area (Å²) >= 11 is 0. The van der Waals surface area contributed by atoms with Gasteiger partial charge in [0.15, 0.2) is 9.84 Å². The van der Waals surface area contributed by atoms with E-state index in [0.29, 0.717) is 11.3 Å². The Morgan fingerprint density at radius 1 is 1.14 bits per heavy atom. The predicted molar refractivity (Wildman–Crippen MR) is 111 cm³/mol. The highest BCUT2D eigenvalue weighted by atomic mass is 35.5. The number of nitrogens with zero attached hydrogens (tertiary/aromatic N) is 1. The summed E-state index contributed by atoms with van der Waals surface area (Å²) in [6.45, 7) is 4.84. The van der Waals surface area contributed by atoms with E-state index in [9.17, 15) is 18.3 Å². The number of rotatable bonds is 5. The number of carbonyl (C=O) groups is 1. The number of sulfone groups is 1. The van der Waals surface area contributed by atoms with Gasteiger partial charge < -0.3 is 15.7 Å². The van der Waals surface area contributed by atoms with Crippen LogP contribution >= 0.6 is 12.4 Å². The number of anilines is 1. The van der Waals surface area contributed by atoms with Crippen LogP contribution in [0.15, 0.2) is 47.4 Å². The van der Waals surface area contributed by atoms with Gasteiger partial charge in [0.05, 0.1) is 0 Å². The van der Waals surface area contributed by atoms with Gasteiger partial charge in [0.1, 0.15) is 10.6 Å². The Bertz CT molecular complexity index is 927. The Morgan fingerprint density at radius 3 is 2.39 bits per heavy atom. The molecule has 2 aromatic carbocycles. The number of hydrogen-bond donors (Lipinski definition) is 3. The molecule has 0 saturated carbocycles. The van der Waals surface area contributed by atoms with E-state index in [4.69, 9.17) is 0 Å². The quantitative estimate of drug-likeness (QED) is 0.632. The molecule has 7 nitrogen and oxygen atoms in total. The van der Waals surface area contributed by atoms with Crippen molar-refractivity contribution in [3.63, 3.8) is 0 Å². The minimum atomic E-state index is -3.59. The van der Waals surface area contributed by atoms with Crippen LogP contribution < -0.4 is 10.6 Å². The first-order valence-electron chi connectivity index (χ1n) is 8.69. The zero-order valence-corrected chi connectivity index (χ0v) is 17.1. The minimum Gasteiger partial charge on any atom is -0.507 e. The van der Waals surface area contributed by atoms with Gasteiger partial charge in [0.25, 0.3) is 5.91 Å². The number of phenolic OH excluding ortho intramolecular Hbond substituents is 1. The molecule has 152 valence electrons. The number of halogens is 1. The Labute approximate surface area is 171 Å². The molecule has 0 radical (unpaired) electrons. The van der Waals surface area contributed by atoms with E-state index in [1.807, 2.05) is 12.1 Å². The van der Waals surface area contributed by atoms with Crippen molar-refractivity contribution in [2.45, 2.75) is 11.4 Å². The molecular formula is C19H24ClN3O4S. The molecule has 1 amide bonds. The molecule has 3 rings (SSSR count). The average molecular weight is 426 g/mol. The van der Waals surface area contributed by atoms with Crippen molar-refractivity contribution in [2.24, 2.45) is 0 Å². The van der Waals surface area contributed by atoms with E-state index in [0.717, 1.165) is 44.5 Å². The van der Waals surface area contributed by atoms with Crippen LogP contribution in [0, 0.1) is 0 Å². The molecule has 1 aliphatic rings. The fourth-order valence-electron chi connectivity index (χ4n) is 2.98. The topological polar surface area (TPSA) is 98.7 Å². The van der Waals surface area contributed by atoms with Gasteiger partial charge in [0.2, 0.25) is 0 Å². The molecule has 1 aliphatic heterocycles. The monoisotopic (exact) mass is 425 g/mol. The van der Waals surface area contributed by atoms with Gasteiger partial charge in [-0.15, -0.1) is 12.4 Å². The van der Waals surface area contributed by atoms with Crippen molar-refractivity contribution in [1.82, 2.24) is 10.2 Å². The second-order valence-electron chi connectivity index (χ2n) is 6.63. The molecule has 0 atom stereocenters. The van der Waals surface area contributed by atoms with Crippen LogP contribution in [-0.4, -0.2) is 56.8 Å². The Hall–Kier alpha value is -2.13. The predicted octanol–water partition coefficient (Wildman–Crippen LogP) is 1.88. The van der Waals surface area contributed by atoms with Gasteiger partial charge in [-0.3, -0.25) is 9.69 Å². The summed E-state index contributed by atoms with van der Waals surface area (Å²) in [6.07, 6.45) is 1.00. The van der Waals surface area contributed by atoms with Gasteiger partial charge in [-0.1, -0.05) is 12.1 Å². The second kappa shape index (κ2) is 9.38. The molecule has 0 bridgehead atoms. The third-order valence-corrected chi connectivity index (χ3v) is 5.58. The van der Waals surface area contributed by atoms with Crippen LogP contribution in [0.4, 0.5) is 5.69 Å². The zero-order chi connectivity index (χ0) is 19.4. The summed E-state index contributed by atoms with van der Waals surface area (Å²) in [5.74, 6) is -0.679. The maximum absolute atomic E-state index is 12.4. The molecule has 0 spiro atoms. The van der Waals surface area contributed by atoms with Crippen molar-refractivity contribution in [3.05, 3.63) is 53.6 Å². The summed E-state index contributed by atoms with van der Waals surface area (Å²) in [6, 6.07) is 11.3. The summed E-state index contributed by atoms with van der Waals surface area (Å²) in [4.78, 5) is 14.6. The molecule has 2 aromatic rings. The number of hydrogen-bond acceptors (Lipinski definition) is 6. The van der Waals surface area contributed by atoms with Gasteiger partial charge in [0, 0.05) is 50.2 Å². The highest BCUT2D eigenvalue weighted by Gasteiger charge is 2.15. The normalized spacial score (nSPS) is 14.9. The summed E-state index contributed by atoms with van der Waals surface area (Å²) in [5.41, 5.74) is 1.92. The summed E-state index contributed by atoms with van der Waals surface area (Å²) < 4.78 is 23.4. The number of nitrogens with one attached hydrogen (secondary N) is 2. The molecule has 1 heterocycles. The first-order chi connectivity index (χ1) is 12.8. The third kappa shape index (κ3) is 5.68. The van der Waals surface area contributed by atoms with E-state index in [1.54, 1.807) is 12.1 Å². The van der Waals surface area contributed by atoms with E-state index < -0.39 is 9.84 Å². The number of phenols is 1. The Kier molecular flexibility index (Phi) is 7.42. The maximum atomic E-state index is 12.4. The summed E-state index contributed by atoms with van der Waals surface area (Å²) in [7, 11) is -3.59. The highest BCUT2D eigenvalue weighted by Crippen LogP contribution is 2.26. The van der Waals surface area contributed by atoms with Crippen LogP contribution in [0.2, 0.25) is 0 Å². The van der Waals surface area contributed by atoms with Crippen LogP contribution in [0.25, 0.3) is 0 Å². The largest absolute Gasteiger partial charge is 0.507 e. The van der Waals surface area contributed by atoms with Gasteiger partial charge in [-0.2, -0.15) is 0 Å². The van der Waals surface area contributed by atoms with Crippen LogP contribution in [0.1, 0.15) is 15.9 Å². The number of carbonyl (C=O) groups excluding carboxylic acids is 1. The molecule has 0 aromatic heterocycles. The van der Waals surface area contributed by atoms with Gasteiger partial charge in [-0.05, 0) is 35.9 Å². The number of amides is 1.